The molecule has 0 atom stereocenters. The molecule has 0 saturated carbocycles. The highest BCUT2D eigenvalue weighted by Gasteiger charge is 2.12. The number of nitrogens with one attached hydrogen (secondary N) is 1. The molecule has 3 aromatic heterocycles. The van der Waals surface area contributed by atoms with E-state index in [4.69, 9.17) is 0 Å². The van der Waals surface area contributed by atoms with Crippen LogP contribution in [-0.2, 0) is 0 Å². The Bertz CT molecular complexity index is 711. The molecule has 3 rings (SSSR count). The molecule has 0 spiro atoms. The molecule has 3 aromatic rings. The smallest absolute Gasteiger partial charge is 0.224 e. The van der Waals surface area contributed by atoms with Gasteiger partial charge < -0.3 is 5.32 Å². The molecule has 0 unspecified atom stereocenters. The molecule has 0 aliphatic heterocycles. The molecular weight excluding hydrogens is 278 g/mol. The largest absolute Gasteiger partial charge is 0.357 e. The summed E-state index contributed by atoms with van der Waals surface area (Å²) in [6.07, 6.45) is 3.46. The van der Waals surface area contributed by atoms with Crippen molar-refractivity contribution in [1.29, 1.82) is 0 Å². The summed E-state index contributed by atoms with van der Waals surface area (Å²) in [5, 5.41) is 5.61. The van der Waals surface area contributed by atoms with Gasteiger partial charge in [0.15, 0.2) is 5.16 Å². The van der Waals surface area contributed by atoms with Gasteiger partial charge in [-0.15, -0.1) is 11.3 Å². The first kappa shape index (κ1) is 12.3. The number of nitrogens with zero attached hydrogens (tertiary/aromatic N) is 4. The monoisotopic (exact) mass is 289 g/mol. The lowest BCUT2D eigenvalue weighted by atomic mass is 10.4. The number of aromatic nitrogens is 4. The number of aryl methyl sites for hydroxylation is 1. The van der Waals surface area contributed by atoms with Gasteiger partial charge in [-0.05, 0) is 30.8 Å². The highest BCUT2D eigenvalue weighted by molar-refractivity contribution is 7.99. The summed E-state index contributed by atoms with van der Waals surface area (Å²) in [5.41, 5.74) is 0. The van der Waals surface area contributed by atoms with Crippen LogP contribution in [-0.4, -0.2) is 27.0 Å². The standard InChI is InChI=1S/C12H11N5S2/c1-7-6-8-9(18-7)16-11(13-2)17-10(8)19-12-14-4-3-5-15-12/h3-6H,1-2H3,(H,13,16,17). The second-order valence-corrected chi connectivity index (χ2v) is 6.00. The first-order chi connectivity index (χ1) is 9.26. The van der Waals surface area contributed by atoms with E-state index in [1.54, 1.807) is 29.8 Å². The zero-order valence-electron chi connectivity index (χ0n) is 10.4. The third kappa shape index (κ3) is 2.52. The van der Waals surface area contributed by atoms with Gasteiger partial charge in [-0.25, -0.2) is 19.9 Å². The lowest BCUT2D eigenvalue weighted by molar-refractivity contribution is 0.961. The van der Waals surface area contributed by atoms with Gasteiger partial charge in [-0.3, -0.25) is 0 Å². The Morgan fingerprint density at radius 2 is 2.00 bits per heavy atom. The van der Waals surface area contributed by atoms with Crippen molar-refractivity contribution in [3.05, 3.63) is 29.4 Å². The lowest BCUT2D eigenvalue weighted by Crippen LogP contribution is -1.97. The zero-order chi connectivity index (χ0) is 13.2. The predicted octanol–water partition coefficient (Wildman–Crippen LogP) is 2.98. The van der Waals surface area contributed by atoms with Crippen molar-refractivity contribution in [3.8, 4) is 0 Å². The normalized spacial score (nSPS) is 10.8. The van der Waals surface area contributed by atoms with Crippen LogP contribution in [0.3, 0.4) is 0 Å². The van der Waals surface area contributed by atoms with E-state index in [0.717, 1.165) is 15.2 Å². The number of rotatable bonds is 3. The Kier molecular flexibility index (Phi) is 3.31. The third-order valence-electron chi connectivity index (χ3n) is 2.43. The van der Waals surface area contributed by atoms with Crippen molar-refractivity contribution >= 4 is 39.3 Å². The van der Waals surface area contributed by atoms with Crippen LogP contribution < -0.4 is 5.32 Å². The fourth-order valence-corrected chi connectivity index (χ4v) is 3.37. The van der Waals surface area contributed by atoms with Crippen LogP contribution in [0.4, 0.5) is 5.95 Å². The van der Waals surface area contributed by atoms with Gasteiger partial charge in [0.1, 0.15) is 9.86 Å². The van der Waals surface area contributed by atoms with E-state index in [1.807, 2.05) is 7.05 Å². The molecule has 0 bridgehead atoms. The first-order valence-electron chi connectivity index (χ1n) is 5.67. The number of fused-ring (bicyclic) bond motifs is 1. The molecule has 0 fully saturated rings. The second kappa shape index (κ2) is 5.10. The first-order valence-corrected chi connectivity index (χ1v) is 7.30. The van der Waals surface area contributed by atoms with Crippen LogP contribution in [0.1, 0.15) is 4.88 Å². The highest BCUT2D eigenvalue weighted by Crippen LogP contribution is 2.34. The molecule has 0 amide bonds. The summed E-state index contributed by atoms with van der Waals surface area (Å²) in [4.78, 5) is 19.6. The van der Waals surface area contributed by atoms with Gasteiger partial charge in [0.25, 0.3) is 0 Å². The maximum Gasteiger partial charge on any atom is 0.224 e. The molecule has 0 aliphatic rings. The Morgan fingerprint density at radius 1 is 1.21 bits per heavy atom. The summed E-state index contributed by atoms with van der Waals surface area (Å²) in [6, 6.07) is 3.90. The minimum atomic E-state index is 0.618. The minimum absolute atomic E-state index is 0.618. The predicted molar refractivity (Wildman–Crippen MR) is 77.9 cm³/mol. The van der Waals surface area contributed by atoms with E-state index in [2.05, 4.69) is 38.2 Å². The summed E-state index contributed by atoms with van der Waals surface area (Å²) in [7, 11) is 1.81. The maximum atomic E-state index is 4.50. The van der Waals surface area contributed by atoms with Crippen molar-refractivity contribution in [3.63, 3.8) is 0 Å². The quantitative estimate of drug-likeness (QED) is 0.591. The number of hydrogen-bond acceptors (Lipinski definition) is 7. The molecule has 3 heterocycles. The van der Waals surface area contributed by atoms with Crippen molar-refractivity contribution in [2.75, 3.05) is 12.4 Å². The van der Waals surface area contributed by atoms with Gasteiger partial charge in [-0.2, -0.15) is 0 Å². The Morgan fingerprint density at radius 3 is 2.74 bits per heavy atom. The van der Waals surface area contributed by atoms with Crippen LogP contribution in [0.2, 0.25) is 0 Å². The van der Waals surface area contributed by atoms with Crippen LogP contribution in [0.5, 0.6) is 0 Å². The fraction of sp³-hybridized carbons (Fsp3) is 0.167. The van der Waals surface area contributed by atoms with Crippen LogP contribution in [0.25, 0.3) is 10.2 Å². The number of hydrogen-bond donors (Lipinski definition) is 1. The summed E-state index contributed by atoms with van der Waals surface area (Å²) < 4.78 is 0. The van der Waals surface area contributed by atoms with E-state index in [9.17, 15) is 0 Å². The molecular formula is C12H11N5S2. The van der Waals surface area contributed by atoms with Crippen LogP contribution in [0.15, 0.2) is 34.7 Å². The Balaban J connectivity index is 2.10. The summed E-state index contributed by atoms with van der Waals surface area (Å²) in [6.45, 7) is 2.07. The van der Waals surface area contributed by atoms with Crippen LogP contribution in [0, 0.1) is 6.92 Å². The van der Waals surface area contributed by atoms with Crippen molar-refractivity contribution in [1.82, 2.24) is 19.9 Å². The van der Waals surface area contributed by atoms with Gasteiger partial charge in [-0.1, -0.05) is 0 Å². The maximum absolute atomic E-state index is 4.50. The SMILES string of the molecule is CNc1nc(Sc2ncccn2)c2cc(C)sc2n1. The molecule has 7 heteroatoms. The number of thiophene rings is 1. The highest BCUT2D eigenvalue weighted by atomic mass is 32.2. The van der Waals surface area contributed by atoms with Gasteiger partial charge in [0.2, 0.25) is 5.95 Å². The van der Waals surface area contributed by atoms with E-state index < -0.39 is 0 Å². The average molecular weight is 289 g/mol. The Hall–Kier alpha value is -1.73. The van der Waals surface area contributed by atoms with Crippen LogP contribution >= 0.6 is 23.1 Å². The minimum Gasteiger partial charge on any atom is -0.357 e. The van der Waals surface area contributed by atoms with Crippen molar-refractivity contribution in [2.45, 2.75) is 17.1 Å². The fourth-order valence-electron chi connectivity index (χ4n) is 1.63. The lowest BCUT2D eigenvalue weighted by Gasteiger charge is -2.03. The molecule has 0 aromatic carbocycles. The molecule has 1 N–H and O–H groups in total. The van der Waals surface area contributed by atoms with Gasteiger partial charge >= 0.3 is 0 Å². The number of anilines is 1. The molecule has 0 saturated heterocycles. The average Bonchev–Trinajstić information content (AvgIpc) is 2.80. The topological polar surface area (TPSA) is 63.6 Å². The van der Waals surface area contributed by atoms with Gasteiger partial charge in [0, 0.05) is 29.7 Å². The van der Waals surface area contributed by atoms with Crippen molar-refractivity contribution < 1.29 is 0 Å². The summed E-state index contributed by atoms with van der Waals surface area (Å²) in [5.74, 6) is 0.618. The van der Waals surface area contributed by atoms with Crippen molar-refractivity contribution in [2.24, 2.45) is 0 Å². The molecule has 0 radical (unpaired) electrons. The zero-order valence-corrected chi connectivity index (χ0v) is 12.0. The van der Waals surface area contributed by atoms with E-state index in [1.165, 1.54) is 16.6 Å². The molecule has 0 aliphatic carbocycles. The molecule has 96 valence electrons. The van der Waals surface area contributed by atoms with E-state index >= 15 is 0 Å². The Labute approximate surface area is 118 Å². The third-order valence-corrected chi connectivity index (χ3v) is 4.28. The second-order valence-electron chi connectivity index (χ2n) is 3.81. The van der Waals surface area contributed by atoms with Gasteiger partial charge in [0.05, 0.1) is 0 Å². The molecule has 5 nitrogen and oxygen atoms in total. The van der Waals surface area contributed by atoms with E-state index in [0.29, 0.717) is 11.1 Å². The summed E-state index contributed by atoms with van der Waals surface area (Å²) >= 11 is 3.11. The molecule has 19 heavy (non-hydrogen) atoms. The van der Waals surface area contributed by atoms with E-state index in [-0.39, 0.29) is 0 Å².